The lowest BCUT2D eigenvalue weighted by molar-refractivity contribution is 0.0655. The van der Waals surface area contributed by atoms with Crippen molar-refractivity contribution in [2.24, 2.45) is 11.1 Å². The quantitative estimate of drug-likeness (QED) is 0.812. The average Bonchev–Trinajstić information content (AvgIpc) is 2.54. The highest BCUT2D eigenvalue weighted by Gasteiger charge is 2.31. The first-order valence-corrected chi connectivity index (χ1v) is 8.89. The Labute approximate surface area is 125 Å². The van der Waals surface area contributed by atoms with E-state index < -0.39 is 0 Å². The Morgan fingerprint density at radius 2 is 1.55 bits per heavy atom. The molecule has 2 fully saturated rings. The Bertz CT molecular complexity index is 253. The summed E-state index contributed by atoms with van der Waals surface area (Å²) in [7, 11) is 0. The van der Waals surface area contributed by atoms with Gasteiger partial charge in [0.2, 0.25) is 0 Å². The van der Waals surface area contributed by atoms with Gasteiger partial charge in [0, 0.05) is 12.6 Å². The lowest BCUT2D eigenvalue weighted by Gasteiger charge is -2.43. The molecule has 2 N–H and O–H groups in total. The third kappa shape index (κ3) is 3.96. The van der Waals surface area contributed by atoms with E-state index in [1.165, 1.54) is 77.7 Å². The van der Waals surface area contributed by atoms with Crippen LogP contribution >= 0.6 is 0 Å². The Hall–Kier alpha value is -0.120. The van der Waals surface area contributed by atoms with E-state index in [0.717, 1.165) is 12.6 Å². The highest BCUT2D eigenvalue weighted by molar-refractivity contribution is 4.86. The summed E-state index contributed by atoms with van der Waals surface area (Å²) in [6.07, 6.45) is 9.45. The molecule has 2 aliphatic rings. The molecule has 0 aromatic carbocycles. The number of rotatable bonds is 6. The van der Waals surface area contributed by atoms with Gasteiger partial charge in [-0.15, -0.1) is 0 Å². The summed E-state index contributed by atoms with van der Waals surface area (Å²) in [5, 5.41) is 0. The SMILES string of the molecule is CCC(CC)(CN)CN1CCC(N2CCCCC2)CC1. The summed E-state index contributed by atoms with van der Waals surface area (Å²) in [5.74, 6) is 0. The van der Waals surface area contributed by atoms with Crippen molar-refractivity contribution in [2.75, 3.05) is 39.3 Å². The molecule has 20 heavy (non-hydrogen) atoms. The topological polar surface area (TPSA) is 32.5 Å². The second-order valence-corrected chi connectivity index (χ2v) is 7.02. The van der Waals surface area contributed by atoms with Crippen LogP contribution in [0.3, 0.4) is 0 Å². The van der Waals surface area contributed by atoms with E-state index in [0.29, 0.717) is 5.41 Å². The Balaban J connectivity index is 1.78. The molecule has 2 saturated heterocycles. The monoisotopic (exact) mass is 281 g/mol. The number of piperidine rings is 2. The predicted octanol–water partition coefficient (Wildman–Crippen LogP) is 2.70. The van der Waals surface area contributed by atoms with Crippen LogP contribution in [-0.2, 0) is 0 Å². The number of nitrogens with zero attached hydrogens (tertiary/aromatic N) is 2. The van der Waals surface area contributed by atoms with Crippen LogP contribution in [0.2, 0.25) is 0 Å². The van der Waals surface area contributed by atoms with Gasteiger partial charge in [-0.1, -0.05) is 20.3 Å². The first-order valence-electron chi connectivity index (χ1n) is 8.89. The van der Waals surface area contributed by atoms with E-state index in [-0.39, 0.29) is 0 Å². The van der Waals surface area contributed by atoms with E-state index in [4.69, 9.17) is 5.73 Å². The van der Waals surface area contributed by atoms with Crippen LogP contribution in [0.4, 0.5) is 0 Å². The maximum absolute atomic E-state index is 6.06. The predicted molar refractivity (Wildman–Crippen MR) is 87.0 cm³/mol. The number of nitrogens with two attached hydrogens (primary N) is 1. The molecule has 0 aliphatic carbocycles. The van der Waals surface area contributed by atoms with Gasteiger partial charge in [-0.2, -0.15) is 0 Å². The van der Waals surface area contributed by atoms with Crippen LogP contribution in [0, 0.1) is 5.41 Å². The Morgan fingerprint density at radius 3 is 2.05 bits per heavy atom. The number of likely N-dealkylation sites (tertiary alicyclic amines) is 2. The maximum Gasteiger partial charge on any atom is 0.0120 e. The molecule has 0 atom stereocenters. The third-order valence-corrected chi connectivity index (χ3v) is 5.96. The van der Waals surface area contributed by atoms with Crippen molar-refractivity contribution in [3.8, 4) is 0 Å². The maximum atomic E-state index is 6.06. The molecule has 2 aliphatic heterocycles. The van der Waals surface area contributed by atoms with Crippen LogP contribution in [0.5, 0.6) is 0 Å². The van der Waals surface area contributed by atoms with Crippen molar-refractivity contribution >= 4 is 0 Å². The summed E-state index contributed by atoms with van der Waals surface area (Å²) in [5.41, 5.74) is 6.41. The molecular weight excluding hydrogens is 246 g/mol. The molecule has 0 radical (unpaired) electrons. The standard InChI is InChI=1S/C17H35N3/c1-3-17(4-2,14-18)15-19-12-8-16(9-13-19)20-10-6-5-7-11-20/h16H,3-15,18H2,1-2H3. The molecule has 2 heterocycles. The normalized spacial score (nSPS) is 24.1. The minimum Gasteiger partial charge on any atom is -0.330 e. The lowest BCUT2D eigenvalue weighted by atomic mass is 9.81. The van der Waals surface area contributed by atoms with Crippen LogP contribution in [0.15, 0.2) is 0 Å². The summed E-state index contributed by atoms with van der Waals surface area (Å²) >= 11 is 0. The zero-order valence-electron chi connectivity index (χ0n) is 13.7. The number of hydrogen-bond donors (Lipinski definition) is 1. The molecular formula is C17H35N3. The first kappa shape index (κ1) is 16.3. The van der Waals surface area contributed by atoms with E-state index in [1.54, 1.807) is 0 Å². The summed E-state index contributed by atoms with van der Waals surface area (Å²) < 4.78 is 0. The van der Waals surface area contributed by atoms with Gasteiger partial charge in [0.25, 0.3) is 0 Å². The van der Waals surface area contributed by atoms with Crippen LogP contribution < -0.4 is 5.73 Å². The van der Waals surface area contributed by atoms with E-state index in [2.05, 4.69) is 23.6 Å². The van der Waals surface area contributed by atoms with Crippen molar-refractivity contribution in [3.05, 3.63) is 0 Å². The molecule has 0 spiro atoms. The van der Waals surface area contributed by atoms with Gasteiger partial charge in [-0.05, 0) is 76.7 Å². The van der Waals surface area contributed by atoms with Gasteiger partial charge in [0.05, 0.1) is 0 Å². The highest BCUT2D eigenvalue weighted by atomic mass is 15.2. The molecule has 0 unspecified atom stereocenters. The second kappa shape index (κ2) is 7.77. The molecule has 118 valence electrons. The third-order valence-electron chi connectivity index (χ3n) is 5.96. The van der Waals surface area contributed by atoms with Crippen molar-refractivity contribution in [3.63, 3.8) is 0 Å². The van der Waals surface area contributed by atoms with Crippen LogP contribution in [0.1, 0.15) is 58.8 Å². The van der Waals surface area contributed by atoms with Crippen molar-refractivity contribution in [1.82, 2.24) is 9.80 Å². The van der Waals surface area contributed by atoms with Crippen LogP contribution in [-0.4, -0.2) is 55.1 Å². The van der Waals surface area contributed by atoms with Crippen molar-refractivity contribution < 1.29 is 0 Å². The fourth-order valence-electron chi connectivity index (χ4n) is 4.03. The molecule has 0 aromatic heterocycles. The molecule has 0 saturated carbocycles. The molecule has 3 nitrogen and oxygen atoms in total. The van der Waals surface area contributed by atoms with Gasteiger partial charge in [-0.25, -0.2) is 0 Å². The molecule has 0 amide bonds. The minimum absolute atomic E-state index is 0.359. The average molecular weight is 281 g/mol. The van der Waals surface area contributed by atoms with E-state index in [1.807, 2.05) is 0 Å². The molecule has 0 bridgehead atoms. The van der Waals surface area contributed by atoms with Gasteiger partial charge >= 0.3 is 0 Å². The fraction of sp³-hybridized carbons (Fsp3) is 1.00. The zero-order chi connectivity index (χ0) is 14.4. The second-order valence-electron chi connectivity index (χ2n) is 7.02. The first-order chi connectivity index (χ1) is 9.73. The van der Waals surface area contributed by atoms with Gasteiger partial charge < -0.3 is 15.5 Å². The van der Waals surface area contributed by atoms with Crippen LogP contribution in [0.25, 0.3) is 0 Å². The van der Waals surface area contributed by atoms with Gasteiger partial charge in [-0.3, -0.25) is 0 Å². The van der Waals surface area contributed by atoms with Crippen molar-refractivity contribution in [2.45, 2.75) is 64.8 Å². The largest absolute Gasteiger partial charge is 0.330 e. The highest BCUT2D eigenvalue weighted by Crippen LogP contribution is 2.28. The van der Waals surface area contributed by atoms with E-state index >= 15 is 0 Å². The Morgan fingerprint density at radius 1 is 0.950 bits per heavy atom. The molecule has 3 heteroatoms. The number of hydrogen-bond acceptors (Lipinski definition) is 3. The zero-order valence-corrected chi connectivity index (χ0v) is 13.7. The lowest BCUT2D eigenvalue weighted by Crippen LogP contribution is -2.50. The summed E-state index contributed by atoms with van der Waals surface area (Å²) in [4.78, 5) is 5.44. The van der Waals surface area contributed by atoms with Gasteiger partial charge in [0.15, 0.2) is 0 Å². The molecule has 2 rings (SSSR count). The summed E-state index contributed by atoms with van der Waals surface area (Å²) in [6.45, 7) is 11.9. The molecule has 0 aromatic rings. The fourth-order valence-corrected chi connectivity index (χ4v) is 4.03. The minimum atomic E-state index is 0.359. The smallest absolute Gasteiger partial charge is 0.0120 e. The van der Waals surface area contributed by atoms with Crippen molar-refractivity contribution in [1.29, 1.82) is 0 Å². The summed E-state index contributed by atoms with van der Waals surface area (Å²) in [6, 6.07) is 0.863. The Kier molecular flexibility index (Phi) is 6.31. The van der Waals surface area contributed by atoms with Gasteiger partial charge in [0.1, 0.15) is 0 Å². The van der Waals surface area contributed by atoms with E-state index in [9.17, 15) is 0 Å².